The third kappa shape index (κ3) is 2.35. The lowest BCUT2D eigenvalue weighted by Gasteiger charge is -2.29. The van der Waals surface area contributed by atoms with E-state index in [1.165, 1.54) is 7.11 Å². The van der Waals surface area contributed by atoms with E-state index in [0.29, 0.717) is 22.2 Å². The van der Waals surface area contributed by atoms with Crippen LogP contribution >= 0.6 is 23.5 Å². The zero-order valence-electron chi connectivity index (χ0n) is 11.8. The molecule has 0 aromatic carbocycles. The van der Waals surface area contributed by atoms with E-state index in [9.17, 15) is 4.79 Å². The van der Waals surface area contributed by atoms with E-state index >= 15 is 0 Å². The quantitative estimate of drug-likeness (QED) is 0.794. The number of thioether (sulfide) groups is 2. The molecule has 1 aromatic heterocycles. The van der Waals surface area contributed by atoms with Crippen molar-refractivity contribution in [1.29, 1.82) is 0 Å². The van der Waals surface area contributed by atoms with Crippen LogP contribution in [0.4, 0.5) is 0 Å². The highest BCUT2D eigenvalue weighted by Gasteiger charge is 2.57. The van der Waals surface area contributed by atoms with Gasteiger partial charge in [0.05, 0.1) is 12.4 Å². The van der Waals surface area contributed by atoms with Gasteiger partial charge < -0.3 is 9.26 Å². The highest BCUT2D eigenvalue weighted by molar-refractivity contribution is 8.07. The summed E-state index contributed by atoms with van der Waals surface area (Å²) in [5.74, 6) is 1.86. The van der Waals surface area contributed by atoms with Crippen molar-refractivity contribution in [2.75, 3.05) is 12.9 Å². The van der Waals surface area contributed by atoms with Gasteiger partial charge >= 0.3 is 5.97 Å². The number of nitrogens with zero attached hydrogens (tertiary/aromatic N) is 2. The van der Waals surface area contributed by atoms with Gasteiger partial charge in [-0.1, -0.05) is 19.0 Å². The number of carbonyl (C=O) groups is 1. The maximum atomic E-state index is 11.8. The van der Waals surface area contributed by atoms with Crippen molar-refractivity contribution in [2.45, 2.75) is 47.9 Å². The minimum atomic E-state index is -0.661. The molecule has 3 rings (SSSR count). The van der Waals surface area contributed by atoms with Gasteiger partial charge in [0.25, 0.3) is 0 Å². The Morgan fingerprint density at radius 1 is 1.40 bits per heavy atom. The first kappa shape index (κ1) is 14.3. The van der Waals surface area contributed by atoms with E-state index in [0.717, 1.165) is 18.6 Å². The van der Waals surface area contributed by atoms with Crippen molar-refractivity contribution < 1.29 is 14.1 Å². The van der Waals surface area contributed by atoms with Crippen LogP contribution in [-0.2, 0) is 14.9 Å². The fourth-order valence-corrected chi connectivity index (χ4v) is 5.14. The summed E-state index contributed by atoms with van der Waals surface area (Å²) in [5, 5.41) is 5.55. The van der Waals surface area contributed by atoms with Crippen molar-refractivity contribution in [1.82, 2.24) is 10.1 Å². The van der Waals surface area contributed by atoms with Gasteiger partial charge in [0, 0.05) is 16.3 Å². The SMILES string of the molecule is COC(=O)C1(c2nc(C3CSC(C)C(C)S3)no2)CC1. The molecule has 1 aromatic rings. The molecule has 3 unspecified atom stereocenters. The molecule has 0 amide bonds. The Labute approximate surface area is 126 Å². The van der Waals surface area contributed by atoms with Gasteiger partial charge in [-0.2, -0.15) is 16.7 Å². The first-order valence-electron chi connectivity index (χ1n) is 6.76. The maximum Gasteiger partial charge on any atom is 0.321 e. The number of methoxy groups -OCH3 is 1. The van der Waals surface area contributed by atoms with Crippen LogP contribution in [0.3, 0.4) is 0 Å². The predicted octanol–water partition coefficient (Wildman–Crippen LogP) is 2.57. The Balaban J connectivity index is 1.76. The van der Waals surface area contributed by atoms with Crippen LogP contribution in [0, 0.1) is 0 Å². The van der Waals surface area contributed by atoms with Crippen molar-refractivity contribution in [3.8, 4) is 0 Å². The summed E-state index contributed by atoms with van der Waals surface area (Å²) in [7, 11) is 1.40. The van der Waals surface area contributed by atoms with Crippen molar-refractivity contribution in [3.05, 3.63) is 11.7 Å². The number of ether oxygens (including phenoxy) is 1. The zero-order chi connectivity index (χ0) is 14.3. The van der Waals surface area contributed by atoms with E-state index in [2.05, 4.69) is 24.0 Å². The van der Waals surface area contributed by atoms with Crippen LogP contribution in [0.1, 0.15) is 43.7 Å². The van der Waals surface area contributed by atoms with Gasteiger partial charge in [-0.15, -0.1) is 11.8 Å². The molecule has 3 atom stereocenters. The number of carbonyl (C=O) groups excluding carboxylic acids is 1. The summed E-state index contributed by atoms with van der Waals surface area (Å²) in [5.41, 5.74) is -0.661. The van der Waals surface area contributed by atoms with E-state index in [-0.39, 0.29) is 11.2 Å². The van der Waals surface area contributed by atoms with Gasteiger partial charge in [-0.25, -0.2) is 0 Å². The molecule has 2 aliphatic rings. The van der Waals surface area contributed by atoms with E-state index in [1.54, 1.807) is 0 Å². The second-order valence-corrected chi connectivity index (χ2v) is 8.39. The van der Waals surface area contributed by atoms with E-state index in [1.807, 2.05) is 23.5 Å². The number of hydrogen-bond acceptors (Lipinski definition) is 7. The molecule has 2 heterocycles. The number of aromatic nitrogens is 2. The lowest BCUT2D eigenvalue weighted by molar-refractivity contribution is -0.144. The Kier molecular flexibility index (Phi) is 3.75. The van der Waals surface area contributed by atoms with Crippen LogP contribution in [0.15, 0.2) is 4.52 Å². The lowest BCUT2D eigenvalue weighted by atomic mass is 10.1. The number of rotatable bonds is 3. The second-order valence-electron chi connectivity index (χ2n) is 5.40. The largest absolute Gasteiger partial charge is 0.468 e. The summed E-state index contributed by atoms with van der Waals surface area (Å²) in [4.78, 5) is 16.3. The van der Waals surface area contributed by atoms with Crippen molar-refractivity contribution >= 4 is 29.5 Å². The van der Waals surface area contributed by atoms with Gasteiger partial charge in [-0.3, -0.25) is 4.79 Å². The first-order chi connectivity index (χ1) is 9.56. The van der Waals surface area contributed by atoms with Gasteiger partial charge in [-0.05, 0) is 12.8 Å². The van der Waals surface area contributed by atoms with E-state index < -0.39 is 5.41 Å². The second kappa shape index (κ2) is 5.26. The van der Waals surface area contributed by atoms with Crippen molar-refractivity contribution in [2.24, 2.45) is 0 Å². The summed E-state index contributed by atoms with van der Waals surface area (Å²) in [6, 6.07) is 0. The molecule has 1 aliphatic heterocycles. The molecule has 20 heavy (non-hydrogen) atoms. The molecular weight excluding hydrogens is 296 g/mol. The summed E-state index contributed by atoms with van der Waals surface area (Å²) >= 11 is 3.82. The molecule has 0 radical (unpaired) electrons. The fraction of sp³-hybridized carbons (Fsp3) is 0.769. The van der Waals surface area contributed by atoms with Crippen LogP contribution in [0.2, 0.25) is 0 Å². The molecule has 110 valence electrons. The molecule has 0 bridgehead atoms. The third-order valence-corrected chi connectivity index (χ3v) is 7.40. The molecule has 0 N–H and O–H groups in total. The number of esters is 1. The van der Waals surface area contributed by atoms with Gasteiger partial charge in [0.15, 0.2) is 5.82 Å². The highest BCUT2D eigenvalue weighted by atomic mass is 32.2. The Morgan fingerprint density at radius 3 is 2.75 bits per heavy atom. The molecule has 1 saturated heterocycles. The molecular formula is C13H18N2O3S2. The standard InChI is InChI=1S/C13H18N2O3S2/c1-7-8(2)20-9(6-19-7)10-14-11(18-15-10)13(4-5-13)12(16)17-3/h7-9H,4-6H2,1-3H3. The molecule has 1 saturated carbocycles. The molecule has 1 aliphatic carbocycles. The topological polar surface area (TPSA) is 65.2 Å². The van der Waals surface area contributed by atoms with Crippen LogP contribution in [-0.4, -0.2) is 39.5 Å². The van der Waals surface area contributed by atoms with Crippen molar-refractivity contribution in [3.63, 3.8) is 0 Å². The third-order valence-electron chi connectivity index (χ3n) is 4.02. The molecule has 2 fully saturated rings. The highest BCUT2D eigenvalue weighted by Crippen LogP contribution is 2.49. The average Bonchev–Trinajstić information content (AvgIpc) is 3.11. The maximum absolute atomic E-state index is 11.8. The molecule has 0 spiro atoms. The first-order valence-corrected chi connectivity index (χ1v) is 8.75. The summed E-state index contributed by atoms with van der Waals surface area (Å²) in [6.07, 6.45) is 1.47. The smallest absolute Gasteiger partial charge is 0.321 e. The predicted molar refractivity (Wildman–Crippen MR) is 78.9 cm³/mol. The Hall–Kier alpha value is -0.690. The normalized spacial score (nSPS) is 31.9. The lowest BCUT2D eigenvalue weighted by Crippen LogP contribution is -2.23. The summed E-state index contributed by atoms with van der Waals surface area (Å²) in [6.45, 7) is 4.48. The molecule has 7 heteroatoms. The van der Waals surface area contributed by atoms with Gasteiger partial charge in [0.2, 0.25) is 5.89 Å². The Bertz CT molecular complexity index is 515. The average molecular weight is 314 g/mol. The number of hydrogen-bond donors (Lipinski definition) is 0. The minimum absolute atomic E-state index is 0.247. The Morgan fingerprint density at radius 2 is 2.15 bits per heavy atom. The van der Waals surface area contributed by atoms with Crippen LogP contribution in [0.25, 0.3) is 0 Å². The van der Waals surface area contributed by atoms with Gasteiger partial charge in [0.1, 0.15) is 5.41 Å². The summed E-state index contributed by atoms with van der Waals surface area (Å²) < 4.78 is 10.2. The fourth-order valence-electron chi connectivity index (χ4n) is 2.30. The zero-order valence-corrected chi connectivity index (χ0v) is 13.4. The van der Waals surface area contributed by atoms with Crippen LogP contribution < -0.4 is 0 Å². The minimum Gasteiger partial charge on any atom is -0.468 e. The monoisotopic (exact) mass is 314 g/mol. The van der Waals surface area contributed by atoms with E-state index in [4.69, 9.17) is 9.26 Å². The van der Waals surface area contributed by atoms with Crippen LogP contribution in [0.5, 0.6) is 0 Å². The molecule has 5 nitrogen and oxygen atoms in total.